The number of aromatic hydroxyl groups is 1. The van der Waals surface area contributed by atoms with Crippen molar-refractivity contribution in [1.29, 1.82) is 5.26 Å². The summed E-state index contributed by atoms with van der Waals surface area (Å²) in [7, 11) is 0. The fraction of sp³-hybridized carbons (Fsp3) is 0. The second-order valence-corrected chi connectivity index (χ2v) is 10.5. The van der Waals surface area contributed by atoms with Gasteiger partial charge in [0.15, 0.2) is 0 Å². The van der Waals surface area contributed by atoms with Crippen LogP contribution in [0, 0.1) is 11.3 Å². The predicted molar refractivity (Wildman–Crippen MR) is 95.8 cm³/mol. The van der Waals surface area contributed by atoms with Crippen LogP contribution in [-0.2, 0) is 0 Å². The van der Waals surface area contributed by atoms with Gasteiger partial charge in [-0.15, -0.1) is 47.3 Å². The number of benzene rings is 2. The molecule has 0 saturated carbocycles. The van der Waals surface area contributed by atoms with Gasteiger partial charge < -0.3 is 5.11 Å². The first kappa shape index (κ1) is 17.6. The van der Waals surface area contributed by atoms with Crippen LogP contribution >= 0.6 is 58.9 Å². The molecule has 0 aliphatic carbocycles. The summed E-state index contributed by atoms with van der Waals surface area (Å²) in [6, 6.07) is 13.9. The third kappa shape index (κ3) is 5.88. The van der Waals surface area contributed by atoms with Crippen molar-refractivity contribution < 1.29 is 5.11 Å². The molecule has 0 bridgehead atoms. The number of nitrogens with zero attached hydrogens (tertiary/aromatic N) is 1. The molecule has 0 atom stereocenters. The van der Waals surface area contributed by atoms with Crippen LogP contribution in [0.2, 0.25) is 5.02 Å². The molecule has 0 aliphatic rings. The van der Waals surface area contributed by atoms with Crippen molar-refractivity contribution >= 4 is 62.1 Å². The van der Waals surface area contributed by atoms with Gasteiger partial charge in [0.1, 0.15) is 5.75 Å². The molecule has 0 radical (unpaired) electrons. The van der Waals surface area contributed by atoms with Gasteiger partial charge in [0.05, 0.1) is 11.6 Å². The summed E-state index contributed by atoms with van der Waals surface area (Å²) in [5.41, 5.74) is 1.96. The molecule has 0 aliphatic heterocycles. The number of rotatable bonds is 1. The van der Waals surface area contributed by atoms with E-state index >= 15 is 0 Å². The number of hydrogen-bond donors (Lipinski definition) is 1. The van der Waals surface area contributed by atoms with E-state index in [1.165, 1.54) is 6.07 Å². The normalized spacial score (nSPS) is 9.15. The van der Waals surface area contributed by atoms with Gasteiger partial charge in [-0.3, -0.25) is 0 Å². The lowest BCUT2D eigenvalue weighted by Gasteiger charge is -2.05. The first-order valence-corrected chi connectivity index (χ1v) is 8.48. The van der Waals surface area contributed by atoms with E-state index in [1.807, 2.05) is 6.07 Å². The highest BCUT2D eigenvalue weighted by molar-refractivity contribution is 9.69. The molecular formula is C13H8BBr3ClNO. The highest BCUT2D eigenvalue weighted by Gasteiger charge is 2.05. The van der Waals surface area contributed by atoms with E-state index in [1.54, 1.807) is 30.3 Å². The van der Waals surface area contributed by atoms with Gasteiger partial charge in [0.2, 0.25) is 0 Å². The smallest absolute Gasteiger partial charge is 0.369 e. The van der Waals surface area contributed by atoms with Crippen molar-refractivity contribution in [2.45, 2.75) is 0 Å². The third-order valence-electron chi connectivity index (χ3n) is 2.26. The molecule has 0 fully saturated rings. The second kappa shape index (κ2) is 8.73. The minimum absolute atomic E-state index is 0.152. The Kier molecular flexibility index (Phi) is 7.67. The molecule has 7 heteroatoms. The standard InChI is InChI=1S/C13H8ClNO.BBr3/c14-11-4-5-13(16)12(7-11)10-3-1-2-9(6-10)8-15;2-1(3)4/h1-7,16H;. The molecule has 0 heterocycles. The van der Waals surface area contributed by atoms with Crippen molar-refractivity contribution in [3.05, 3.63) is 53.1 Å². The summed E-state index contributed by atoms with van der Waals surface area (Å²) in [6.45, 7) is 0. The van der Waals surface area contributed by atoms with Gasteiger partial charge in [-0.05, 0) is 35.9 Å². The lowest BCUT2D eigenvalue weighted by atomic mass is 10.0. The fourth-order valence-electron chi connectivity index (χ4n) is 1.50. The molecule has 0 amide bonds. The molecule has 20 heavy (non-hydrogen) atoms. The highest BCUT2D eigenvalue weighted by atomic mass is 79.9. The zero-order valence-electron chi connectivity index (χ0n) is 10.0. The average molecular weight is 480 g/mol. The van der Waals surface area contributed by atoms with Crippen molar-refractivity contribution in [3.8, 4) is 22.9 Å². The van der Waals surface area contributed by atoms with Crippen LogP contribution in [0.3, 0.4) is 0 Å². The molecule has 2 aromatic carbocycles. The molecule has 102 valence electrons. The minimum Gasteiger partial charge on any atom is -0.507 e. The van der Waals surface area contributed by atoms with E-state index in [4.69, 9.17) is 16.9 Å². The maximum absolute atomic E-state index is 9.71. The van der Waals surface area contributed by atoms with Crippen molar-refractivity contribution in [2.24, 2.45) is 0 Å². The van der Waals surface area contributed by atoms with Crippen molar-refractivity contribution in [1.82, 2.24) is 0 Å². The van der Waals surface area contributed by atoms with Crippen LogP contribution < -0.4 is 0 Å². The minimum atomic E-state index is 0.152. The molecule has 0 saturated heterocycles. The van der Waals surface area contributed by atoms with Crippen molar-refractivity contribution in [3.63, 3.8) is 0 Å². The number of nitriles is 1. The lowest BCUT2D eigenvalue weighted by Crippen LogP contribution is -1.81. The summed E-state index contributed by atoms with van der Waals surface area (Å²) in [6.07, 6.45) is 0. The van der Waals surface area contributed by atoms with Crippen molar-refractivity contribution in [2.75, 3.05) is 0 Å². The summed E-state index contributed by atoms with van der Waals surface area (Å²) in [5, 5.41) is 19.1. The van der Waals surface area contributed by atoms with Gasteiger partial charge in [0, 0.05) is 10.6 Å². The third-order valence-corrected chi connectivity index (χ3v) is 2.50. The Morgan fingerprint density at radius 3 is 2.35 bits per heavy atom. The molecular weight excluding hydrogens is 472 g/mol. The molecule has 2 aromatic rings. The summed E-state index contributed by atoms with van der Waals surface area (Å²) in [5.74, 6) is 0.152. The molecule has 0 aromatic heterocycles. The van der Waals surface area contributed by atoms with Crippen LogP contribution in [0.1, 0.15) is 5.56 Å². The van der Waals surface area contributed by atoms with Crippen LogP contribution in [0.15, 0.2) is 42.5 Å². The Morgan fingerprint density at radius 2 is 1.75 bits per heavy atom. The molecule has 2 nitrogen and oxygen atoms in total. The average Bonchev–Trinajstić information content (AvgIpc) is 2.41. The largest absolute Gasteiger partial charge is 0.507 e. The van der Waals surface area contributed by atoms with E-state index in [2.05, 4.69) is 53.3 Å². The predicted octanol–water partition coefficient (Wildman–Crippen LogP) is 5.74. The number of hydrogen-bond acceptors (Lipinski definition) is 2. The van der Waals surface area contributed by atoms with E-state index in [0.717, 1.165) is 5.56 Å². The number of phenols is 1. The lowest BCUT2D eigenvalue weighted by molar-refractivity contribution is 0.477. The molecule has 2 rings (SSSR count). The Labute approximate surface area is 147 Å². The first-order valence-electron chi connectivity index (χ1n) is 5.35. The first-order chi connectivity index (χ1) is 9.43. The fourth-order valence-corrected chi connectivity index (χ4v) is 1.67. The van der Waals surface area contributed by atoms with Gasteiger partial charge in [-0.2, -0.15) is 5.26 Å². The van der Waals surface area contributed by atoms with Crippen LogP contribution in [0.4, 0.5) is 0 Å². The Morgan fingerprint density at radius 1 is 1.10 bits per heavy atom. The van der Waals surface area contributed by atoms with E-state index in [0.29, 0.717) is 16.1 Å². The maximum atomic E-state index is 9.71. The highest BCUT2D eigenvalue weighted by Crippen LogP contribution is 2.31. The monoisotopic (exact) mass is 477 g/mol. The Bertz CT molecular complexity index is 628. The van der Waals surface area contributed by atoms with Gasteiger partial charge in [-0.25, -0.2) is 0 Å². The quantitative estimate of drug-likeness (QED) is 0.530. The van der Waals surface area contributed by atoms with Crippen LogP contribution in [-0.4, -0.2) is 8.29 Å². The zero-order chi connectivity index (χ0) is 15.1. The zero-order valence-corrected chi connectivity index (χ0v) is 15.5. The van der Waals surface area contributed by atoms with Gasteiger partial charge in [-0.1, -0.05) is 23.7 Å². The molecule has 0 spiro atoms. The summed E-state index contributed by atoms with van der Waals surface area (Å²) in [4.78, 5) is 0. The van der Waals surface area contributed by atoms with Gasteiger partial charge >= 0.3 is 3.18 Å². The summed E-state index contributed by atoms with van der Waals surface area (Å²) < 4.78 is 0.271. The summed E-state index contributed by atoms with van der Waals surface area (Å²) >= 11 is 15.2. The van der Waals surface area contributed by atoms with Crippen LogP contribution in [0.25, 0.3) is 11.1 Å². The molecule has 0 unspecified atom stereocenters. The maximum Gasteiger partial charge on any atom is 0.369 e. The van der Waals surface area contributed by atoms with Gasteiger partial charge in [0.25, 0.3) is 0 Å². The Hall–Kier alpha value is -0.475. The molecule has 1 N–H and O–H groups in total. The SMILES string of the molecule is BrB(Br)Br.N#Cc1cccc(-c2cc(Cl)ccc2O)c1. The number of phenolic OH excluding ortho intramolecular Hbond substituents is 1. The van der Waals surface area contributed by atoms with E-state index in [-0.39, 0.29) is 8.93 Å². The second-order valence-electron chi connectivity index (χ2n) is 3.60. The van der Waals surface area contributed by atoms with Crippen LogP contribution in [0.5, 0.6) is 5.75 Å². The van der Waals surface area contributed by atoms with E-state index in [9.17, 15) is 5.11 Å². The Balaban J connectivity index is 0.000000444. The van der Waals surface area contributed by atoms with E-state index < -0.39 is 0 Å². The topological polar surface area (TPSA) is 44.0 Å². The number of halogens is 4.